The van der Waals surface area contributed by atoms with Crippen molar-refractivity contribution in [2.75, 3.05) is 19.8 Å². The molecule has 3 heterocycles. The van der Waals surface area contributed by atoms with Crippen LogP contribution in [-0.2, 0) is 11.3 Å². The predicted octanol–water partition coefficient (Wildman–Crippen LogP) is 2.16. The summed E-state index contributed by atoms with van der Waals surface area (Å²) in [5, 5.41) is 3.57. The Balaban J connectivity index is 1.63. The van der Waals surface area contributed by atoms with Crippen LogP contribution in [0.3, 0.4) is 0 Å². The highest BCUT2D eigenvalue weighted by molar-refractivity contribution is 5.42. The van der Waals surface area contributed by atoms with Crippen LogP contribution in [0.15, 0.2) is 24.4 Å². The van der Waals surface area contributed by atoms with Crippen molar-refractivity contribution in [2.45, 2.75) is 26.3 Å². The van der Waals surface area contributed by atoms with Crippen LogP contribution in [-0.4, -0.2) is 29.1 Å². The molecular weight excluding hydrogens is 238 g/mol. The van der Waals surface area contributed by atoms with Crippen molar-refractivity contribution in [2.24, 2.45) is 5.92 Å². The van der Waals surface area contributed by atoms with E-state index in [0.717, 1.165) is 43.6 Å². The maximum Gasteiger partial charge on any atom is 0.137 e. The van der Waals surface area contributed by atoms with Crippen molar-refractivity contribution in [3.8, 4) is 0 Å². The van der Waals surface area contributed by atoms with Crippen LogP contribution in [0.25, 0.3) is 5.65 Å². The minimum atomic E-state index is 0.758. The van der Waals surface area contributed by atoms with Gasteiger partial charge in [0, 0.05) is 26.0 Å². The van der Waals surface area contributed by atoms with Crippen LogP contribution in [0.2, 0.25) is 0 Å². The molecule has 2 aromatic heterocycles. The third-order valence-electron chi connectivity index (χ3n) is 3.90. The number of nitrogens with zero attached hydrogens (tertiary/aromatic N) is 2. The summed E-state index contributed by atoms with van der Waals surface area (Å²) in [5.74, 6) is 0.758. The Bertz CT molecular complexity index is 543. The molecule has 3 rings (SSSR count). The first-order valence-electron chi connectivity index (χ1n) is 7.05. The lowest BCUT2D eigenvalue weighted by molar-refractivity contribution is 0.0662. The molecular formula is C15H21N3O. The highest BCUT2D eigenvalue weighted by Gasteiger charge is 2.14. The van der Waals surface area contributed by atoms with Crippen LogP contribution in [0.5, 0.6) is 0 Å². The SMILES string of the molecule is Cc1nc2ccccn2c1CNCC1CCOCC1. The first-order chi connectivity index (χ1) is 9.34. The normalized spacial score (nSPS) is 17.1. The molecule has 0 atom stereocenters. The van der Waals surface area contributed by atoms with Crippen LogP contribution in [0, 0.1) is 12.8 Å². The van der Waals surface area contributed by atoms with Crippen molar-refractivity contribution >= 4 is 5.65 Å². The monoisotopic (exact) mass is 259 g/mol. The number of hydrogen-bond donors (Lipinski definition) is 1. The number of ether oxygens (including phenoxy) is 1. The molecule has 0 spiro atoms. The minimum Gasteiger partial charge on any atom is -0.381 e. The molecule has 0 aromatic carbocycles. The second-order valence-corrected chi connectivity index (χ2v) is 5.26. The van der Waals surface area contributed by atoms with Crippen molar-refractivity contribution in [3.63, 3.8) is 0 Å². The lowest BCUT2D eigenvalue weighted by atomic mass is 10.0. The van der Waals surface area contributed by atoms with Crippen LogP contribution in [0.1, 0.15) is 24.2 Å². The maximum atomic E-state index is 5.39. The van der Waals surface area contributed by atoms with E-state index < -0.39 is 0 Å². The fraction of sp³-hybridized carbons (Fsp3) is 0.533. The van der Waals surface area contributed by atoms with Gasteiger partial charge in [-0.15, -0.1) is 0 Å². The number of rotatable bonds is 4. The van der Waals surface area contributed by atoms with Gasteiger partial charge in [0.05, 0.1) is 11.4 Å². The molecule has 2 aromatic rings. The van der Waals surface area contributed by atoms with Gasteiger partial charge in [-0.1, -0.05) is 6.07 Å². The highest BCUT2D eigenvalue weighted by atomic mass is 16.5. The summed E-state index contributed by atoms with van der Waals surface area (Å²) >= 11 is 0. The van der Waals surface area contributed by atoms with E-state index in [4.69, 9.17) is 4.74 Å². The third kappa shape index (κ3) is 2.80. The molecule has 4 heteroatoms. The van der Waals surface area contributed by atoms with Gasteiger partial charge in [0.1, 0.15) is 5.65 Å². The van der Waals surface area contributed by atoms with E-state index in [-0.39, 0.29) is 0 Å². The molecule has 1 N–H and O–H groups in total. The summed E-state index contributed by atoms with van der Waals surface area (Å²) in [5.41, 5.74) is 3.41. The lowest BCUT2D eigenvalue weighted by Gasteiger charge is -2.22. The summed E-state index contributed by atoms with van der Waals surface area (Å²) in [7, 11) is 0. The zero-order valence-electron chi connectivity index (χ0n) is 11.4. The van der Waals surface area contributed by atoms with Gasteiger partial charge in [-0.3, -0.25) is 0 Å². The van der Waals surface area contributed by atoms with Crippen molar-refractivity contribution < 1.29 is 4.74 Å². The zero-order valence-corrected chi connectivity index (χ0v) is 11.4. The molecule has 1 fully saturated rings. The number of hydrogen-bond acceptors (Lipinski definition) is 3. The Morgan fingerprint density at radius 3 is 3.05 bits per heavy atom. The van der Waals surface area contributed by atoms with Gasteiger partial charge in [-0.2, -0.15) is 0 Å². The van der Waals surface area contributed by atoms with Crippen LogP contribution in [0.4, 0.5) is 0 Å². The summed E-state index contributed by atoms with van der Waals surface area (Å²) in [4.78, 5) is 4.58. The van der Waals surface area contributed by atoms with Gasteiger partial charge >= 0.3 is 0 Å². The molecule has 0 saturated carbocycles. The molecule has 0 bridgehead atoms. The molecule has 0 aliphatic carbocycles. The van der Waals surface area contributed by atoms with Crippen molar-refractivity contribution in [3.05, 3.63) is 35.8 Å². The average molecular weight is 259 g/mol. The largest absolute Gasteiger partial charge is 0.381 e. The van der Waals surface area contributed by atoms with Gasteiger partial charge in [-0.05, 0) is 44.4 Å². The fourth-order valence-corrected chi connectivity index (χ4v) is 2.72. The Morgan fingerprint density at radius 1 is 1.37 bits per heavy atom. The van der Waals surface area contributed by atoms with Gasteiger partial charge < -0.3 is 14.5 Å². The van der Waals surface area contributed by atoms with E-state index >= 15 is 0 Å². The molecule has 102 valence electrons. The van der Waals surface area contributed by atoms with Gasteiger partial charge in [-0.25, -0.2) is 4.98 Å². The number of imidazole rings is 1. The van der Waals surface area contributed by atoms with E-state index in [9.17, 15) is 0 Å². The molecule has 0 unspecified atom stereocenters. The van der Waals surface area contributed by atoms with E-state index in [1.54, 1.807) is 0 Å². The van der Waals surface area contributed by atoms with E-state index in [1.165, 1.54) is 18.5 Å². The molecule has 19 heavy (non-hydrogen) atoms. The quantitative estimate of drug-likeness (QED) is 0.914. The number of aromatic nitrogens is 2. The standard InChI is InChI=1S/C15H21N3O/c1-12-14(18-7-3-2-4-15(18)17-12)11-16-10-13-5-8-19-9-6-13/h2-4,7,13,16H,5-6,8-11H2,1H3. The highest BCUT2D eigenvalue weighted by Crippen LogP contribution is 2.15. The van der Waals surface area contributed by atoms with Crippen LogP contribution >= 0.6 is 0 Å². The number of nitrogens with one attached hydrogen (secondary N) is 1. The Morgan fingerprint density at radius 2 is 2.21 bits per heavy atom. The van der Waals surface area contributed by atoms with E-state index in [0.29, 0.717) is 0 Å². The zero-order chi connectivity index (χ0) is 13.1. The Labute approximate surface area is 113 Å². The minimum absolute atomic E-state index is 0.758. The Kier molecular flexibility index (Phi) is 3.80. The van der Waals surface area contributed by atoms with Gasteiger partial charge in [0.15, 0.2) is 0 Å². The van der Waals surface area contributed by atoms with Crippen LogP contribution < -0.4 is 5.32 Å². The molecule has 0 radical (unpaired) electrons. The first-order valence-corrected chi connectivity index (χ1v) is 7.05. The van der Waals surface area contributed by atoms with Crippen molar-refractivity contribution in [1.82, 2.24) is 14.7 Å². The predicted molar refractivity (Wildman–Crippen MR) is 75.2 cm³/mol. The summed E-state index contributed by atoms with van der Waals surface area (Å²) in [6.07, 6.45) is 4.44. The number of pyridine rings is 1. The van der Waals surface area contributed by atoms with E-state index in [1.807, 2.05) is 6.07 Å². The summed E-state index contributed by atoms with van der Waals surface area (Å²) in [6, 6.07) is 6.13. The van der Waals surface area contributed by atoms with Crippen molar-refractivity contribution in [1.29, 1.82) is 0 Å². The summed E-state index contributed by atoms with van der Waals surface area (Å²) in [6.45, 7) is 5.87. The molecule has 4 nitrogen and oxygen atoms in total. The smallest absolute Gasteiger partial charge is 0.137 e. The number of aryl methyl sites for hydroxylation is 1. The molecule has 0 amide bonds. The second-order valence-electron chi connectivity index (χ2n) is 5.26. The fourth-order valence-electron chi connectivity index (χ4n) is 2.72. The average Bonchev–Trinajstić information content (AvgIpc) is 2.76. The first kappa shape index (κ1) is 12.6. The van der Waals surface area contributed by atoms with Gasteiger partial charge in [0.25, 0.3) is 0 Å². The topological polar surface area (TPSA) is 38.6 Å². The van der Waals surface area contributed by atoms with Gasteiger partial charge in [0.2, 0.25) is 0 Å². The number of fused-ring (bicyclic) bond motifs is 1. The molecule has 1 aliphatic rings. The Hall–Kier alpha value is -1.39. The lowest BCUT2D eigenvalue weighted by Crippen LogP contribution is -2.28. The second kappa shape index (κ2) is 5.72. The van der Waals surface area contributed by atoms with E-state index in [2.05, 4.69) is 40.0 Å². The summed E-state index contributed by atoms with van der Waals surface area (Å²) < 4.78 is 7.56. The third-order valence-corrected chi connectivity index (χ3v) is 3.90. The maximum absolute atomic E-state index is 5.39. The molecule has 1 aliphatic heterocycles. The molecule has 1 saturated heterocycles.